The average Bonchev–Trinajstić information content (AvgIpc) is 2.41. The predicted octanol–water partition coefficient (Wildman–Crippen LogP) is 1.85. The van der Waals surface area contributed by atoms with Crippen LogP contribution in [0.15, 0.2) is 70.5 Å². The van der Waals surface area contributed by atoms with Gasteiger partial charge in [0.15, 0.2) is 0 Å². The molecule has 0 aromatic heterocycles. The first kappa shape index (κ1) is 18.6. The first-order valence-corrected chi connectivity index (χ1v) is 7.05. The van der Waals surface area contributed by atoms with Crippen LogP contribution in [-0.4, -0.2) is 17.5 Å². The molecule has 0 heterocycles. The monoisotopic (exact) mass is 396 g/mol. The van der Waals surface area contributed by atoms with Gasteiger partial charge in [0.05, 0.1) is 0 Å². The quantitative estimate of drug-likeness (QED) is 0.575. The Bertz CT molecular complexity index is 470. The van der Waals surface area contributed by atoms with Gasteiger partial charge in [0.1, 0.15) is 0 Å². The second-order valence-electron chi connectivity index (χ2n) is 3.10. The molecule has 0 saturated carbocycles. The summed E-state index contributed by atoms with van der Waals surface area (Å²) in [7, 11) is 0. The van der Waals surface area contributed by atoms with E-state index in [1.807, 2.05) is 0 Å². The molecule has 2 rings (SSSR count). The van der Waals surface area contributed by atoms with E-state index in [0.29, 0.717) is 9.79 Å². The van der Waals surface area contributed by atoms with Gasteiger partial charge in [-0.3, -0.25) is 8.42 Å². The molecule has 0 aliphatic rings. The van der Waals surface area contributed by atoms with Crippen molar-refractivity contribution in [3.63, 3.8) is 0 Å². The fourth-order valence-corrected chi connectivity index (χ4v) is 1.82. The van der Waals surface area contributed by atoms with E-state index in [9.17, 15) is 17.5 Å². The molecule has 0 bridgehead atoms. The molecule has 2 aromatic carbocycles. The van der Waals surface area contributed by atoms with Gasteiger partial charge in [0, 0.05) is 9.79 Å². The van der Waals surface area contributed by atoms with Crippen LogP contribution in [0.4, 0.5) is 0 Å². The molecular weight excluding hydrogens is 385 g/mol. The molecule has 0 aliphatic carbocycles. The molecule has 96 valence electrons. The second kappa shape index (κ2) is 10.4. The summed E-state index contributed by atoms with van der Waals surface area (Å²) in [5, 5.41) is 0. The zero-order valence-electron chi connectivity index (χ0n) is 9.93. The smallest absolute Gasteiger partial charge is 0.768 e. The Kier molecular flexibility index (Phi) is 10.2. The van der Waals surface area contributed by atoms with E-state index in [1.165, 1.54) is 0 Å². The summed E-state index contributed by atoms with van der Waals surface area (Å²) in [6.07, 6.45) is 0. The van der Waals surface area contributed by atoms with Gasteiger partial charge in [0.2, 0.25) is 0 Å². The Labute approximate surface area is 137 Å². The molecule has 0 amide bonds. The van der Waals surface area contributed by atoms with Crippen molar-refractivity contribution in [2.45, 2.75) is 9.79 Å². The van der Waals surface area contributed by atoms with Crippen LogP contribution >= 0.6 is 0 Å². The minimum absolute atomic E-state index is 0. The topological polar surface area (TPSA) is 80.3 Å². The van der Waals surface area contributed by atoms with Crippen LogP contribution in [0.1, 0.15) is 0 Å². The third kappa shape index (κ3) is 7.68. The van der Waals surface area contributed by atoms with Crippen LogP contribution in [0, 0.1) is 0 Å². The van der Waals surface area contributed by atoms with E-state index < -0.39 is 22.2 Å². The fourth-order valence-electron chi connectivity index (χ4n) is 1.06. The minimum atomic E-state index is -2.08. The molecule has 2 unspecified atom stereocenters. The van der Waals surface area contributed by atoms with E-state index in [-0.39, 0.29) is 27.3 Å². The molecule has 2 atom stereocenters. The summed E-state index contributed by atoms with van der Waals surface area (Å²) in [4.78, 5) is 0.662. The van der Waals surface area contributed by atoms with Gasteiger partial charge in [-0.25, -0.2) is 0 Å². The Hall–Kier alpha value is -0.418. The molecule has 0 aliphatic heterocycles. The first-order chi connectivity index (χ1) is 8.61. The Morgan fingerprint density at radius 1 is 0.632 bits per heavy atom. The van der Waals surface area contributed by atoms with Gasteiger partial charge < -0.3 is 9.11 Å². The minimum Gasteiger partial charge on any atom is -0.768 e. The standard InChI is InChI=1S/2C6H6O2S.Cd/c2*7-9(8)6-4-2-1-3-5-6;/h2*1-5H,(H,7,8);/q;;+2/p-2. The second-order valence-corrected chi connectivity index (χ2v) is 4.98. The molecule has 7 heteroatoms. The van der Waals surface area contributed by atoms with Crippen LogP contribution in [0.2, 0.25) is 0 Å². The van der Waals surface area contributed by atoms with Crippen LogP contribution in [0.5, 0.6) is 0 Å². The largest absolute Gasteiger partial charge is 2.00 e. The summed E-state index contributed by atoms with van der Waals surface area (Å²) >= 11 is -4.16. The van der Waals surface area contributed by atoms with E-state index in [2.05, 4.69) is 0 Å². The van der Waals surface area contributed by atoms with E-state index in [0.717, 1.165) is 0 Å². The third-order valence-corrected chi connectivity index (χ3v) is 3.19. The van der Waals surface area contributed by atoms with Crippen molar-refractivity contribution in [3.05, 3.63) is 60.7 Å². The van der Waals surface area contributed by atoms with E-state index in [4.69, 9.17) is 0 Å². The average molecular weight is 395 g/mol. The molecular formula is C12H10CdO4S2. The number of benzene rings is 2. The van der Waals surface area contributed by atoms with E-state index in [1.54, 1.807) is 60.7 Å². The molecule has 0 fully saturated rings. The van der Waals surface area contributed by atoms with Crippen molar-refractivity contribution in [1.29, 1.82) is 0 Å². The SMILES string of the molecule is O=S([O-])c1ccccc1.O=S([O-])c1ccccc1.[Cd+2]. The summed E-state index contributed by atoms with van der Waals surface area (Å²) in [5.41, 5.74) is 0. The Balaban J connectivity index is 0.000000324. The van der Waals surface area contributed by atoms with Crippen molar-refractivity contribution >= 4 is 22.2 Å². The van der Waals surface area contributed by atoms with Crippen LogP contribution in [0.25, 0.3) is 0 Å². The molecule has 0 N–H and O–H groups in total. The zero-order valence-corrected chi connectivity index (χ0v) is 15.6. The van der Waals surface area contributed by atoms with Gasteiger partial charge in [-0.15, -0.1) is 0 Å². The predicted molar refractivity (Wildman–Crippen MR) is 67.3 cm³/mol. The van der Waals surface area contributed by atoms with Gasteiger partial charge >= 0.3 is 27.3 Å². The molecule has 0 spiro atoms. The van der Waals surface area contributed by atoms with Gasteiger partial charge in [0.25, 0.3) is 0 Å². The van der Waals surface area contributed by atoms with Gasteiger partial charge in [-0.2, -0.15) is 0 Å². The van der Waals surface area contributed by atoms with Gasteiger partial charge in [-0.1, -0.05) is 36.4 Å². The van der Waals surface area contributed by atoms with Crippen molar-refractivity contribution < 1.29 is 44.8 Å². The summed E-state index contributed by atoms with van der Waals surface area (Å²) in [5.74, 6) is 0. The zero-order chi connectivity index (χ0) is 13.4. The maximum Gasteiger partial charge on any atom is 2.00 e. The number of hydrogen-bond donors (Lipinski definition) is 0. The van der Waals surface area contributed by atoms with Crippen LogP contribution < -0.4 is 0 Å². The van der Waals surface area contributed by atoms with Crippen LogP contribution in [-0.2, 0) is 49.5 Å². The Morgan fingerprint density at radius 2 is 0.895 bits per heavy atom. The first-order valence-electron chi connectivity index (χ1n) is 4.90. The molecule has 4 nitrogen and oxygen atoms in total. The third-order valence-electron chi connectivity index (χ3n) is 1.87. The summed E-state index contributed by atoms with van der Waals surface area (Å²) < 4.78 is 40.8. The molecule has 0 radical (unpaired) electrons. The summed E-state index contributed by atoms with van der Waals surface area (Å²) in [6.45, 7) is 0. The summed E-state index contributed by atoms with van der Waals surface area (Å²) in [6, 6.07) is 16.5. The maximum absolute atomic E-state index is 10.2. The van der Waals surface area contributed by atoms with Crippen LogP contribution in [0.3, 0.4) is 0 Å². The van der Waals surface area contributed by atoms with E-state index >= 15 is 0 Å². The van der Waals surface area contributed by atoms with Gasteiger partial charge in [-0.05, 0) is 46.4 Å². The normalized spacial score (nSPS) is 12.3. The maximum atomic E-state index is 10.2. The van der Waals surface area contributed by atoms with Crippen molar-refractivity contribution in [2.75, 3.05) is 0 Å². The van der Waals surface area contributed by atoms with Crippen molar-refractivity contribution in [1.82, 2.24) is 0 Å². The van der Waals surface area contributed by atoms with Crippen molar-refractivity contribution in [3.8, 4) is 0 Å². The molecule has 0 saturated heterocycles. The number of rotatable bonds is 2. The Morgan fingerprint density at radius 3 is 1.05 bits per heavy atom. The molecule has 19 heavy (non-hydrogen) atoms. The molecule has 2 aromatic rings. The fraction of sp³-hybridized carbons (Fsp3) is 0. The van der Waals surface area contributed by atoms with Crippen molar-refractivity contribution in [2.24, 2.45) is 0 Å². The number of hydrogen-bond acceptors (Lipinski definition) is 4.